The van der Waals surface area contributed by atoms with Crippen molar-refractivity contribution in [1.29, 1.82) is 0 Å². The molecular weight excluding hydrogens is 373 g/mol. The van der Waals surface area contributed by atoms with Gasteiger partial charge >= 0.3 is 6.18 Å². The van der Waals surface area contributed by atoms with E-state index in [1.54, 1.807) is 11.0 Å². The van der Waals surface area contributed by atoms with Crippen molar-refractivity contribution in [2.45, 2.75) is 25.1 Å². The molecule has 1 N–H and O–H groups in total. The lowest BCUT2D eigenvalue weighted by Gasteiger charge is -2.32. The zero-order valence-electron chi connectivity index (χ0n) is 14.9. The Morgan fingerprint density at radius 3 is 2.36 bits per heavy atom. The molecule has 0 saturated carbocycles. The van der Waals surface area contributed by atoms with Crippen LogP contribution in [0.1, 0.15) is 34.3 Å². The summed E-state index contributed by atoms with van der Waals surface area (Å²) in [5.74, 6) is -0.416. The third-order valence-electron chi connectivity index (χ3n) is 4.56. The van der Waals surface area contributed by atoms with Crippen molar-refractivity contribution in [2.24, 2.45) is 0 Å². The molecule has 1 aliphatic rings. The number of hydrogen-bond acceptors (Lipinski definition) is 3. The van der Waals surface area contributed by atoms with Gasteiger partial charge in [0.15, 0.2) is 0 Å². The Labute approximate surface area is 159 Å². The lowest BCUT2D eigenvalue weighted by Crippen LogP contribution is -2.46. The Balaban J connectivity index is 1.47. The molecule has 0 unspecified atom stereocenters. The zero-order chi connectivity index (χ0) is 20.1. The lowest BCUT2D eigenvalue weighted by molar-refractivity contribution is -0.137. The first-order valence-electron chi connectivity index (χ1n) is 8.80. The molecule has 2 aromatic rings. The molecule has 1 fully saturated rings. The molecule has 0 aliphatic carbocycles. The molecular formula is C20H19F3N2O3. The first-order chi connectivity index (χ1) is 13.3. The van der Waals surface area contributed by atoms with Crippen LogP contribution in [0.5, 0.6) is 0 Å². The first-order valence-corrected chi connectivity index (χ1v) is 8.80. The van der Waals surface area contributed by atoms with Gasteiger partial charge in [-0.1, -0.05) is 12.1 Å². The molecule has 0 radical (unpaired) electrons. The van der Waals surface area contributed by atoms with Gasteiger partial charge in [0, 0.05) is 25.2 Å². The number of carbonyl (C=O) groups excluding carboxylic acids is 2. The number of rotatable bonds is 4. The highest BCUT2D eigenvalue weighted by Crippen LogP contribution is 2.29. The molecule has 1 aromatic heterocycles. The highest BCUT2D eigenvalue weighted by Gasteiger charge is 2.29. The minimum atomic E-state index is -4.38. The predicted molar refractivity (Wildman–Crippen MR) is 96.3 cm³/mol. The summed E-state index contributed by atoms with van der Waals surface area (Å²) < 4.78 is 42.5. The highest BCUT2D eigenvalue weighted by atomic mass is 19.4. The van der Waals surface area contributed by atoms with Gasteiger partial charge in [-0.15, -0.1) is 0 Å². The quantitative estimate of drug-likeness (QED) is 0.807. The van der Waals surface area contributed by atoms with Crippen LogP contribution in [-0.4, -0.2) is 35.8 Å². The third kappa shape index (κ3) is 5.03. The minimum Gasteiger partial charge on any atom is -0.472 e. The minimum absolute atomic E-state index is 0.0573. The van der Waals surface area contributed by atoms with Crippen LogP contribution >= 0.6 is 0 Å². The van der Waals surface area contributed by atoms with Gasteiger partial charge in [-0.05, 0) is 42.7 Å². The largest absolute Gasteiger partial charge is 0.472 e. The van der Waals surface area contributed by atoms with Gasteiger partial charge in [0.2, 0.25) is 5.91 Å². The number of benzene rings is 1. The standard InChI is InChI=1S/C20H19F3N2O3/c21-20(22,23)16-4-1-14(2-5-16)3-6-18(26)24-17-7-10-25(11-8-17)19(27)15-9-12-28-13-15/h1-6,9,12-13,17H,7-8,10-11H2,(H,24,26)/b6-3+. The maximum atomic E-state index is 12.5. The number of furan rings is 1. The van der Waals surface area contributed by atoms with Crippen molar-refractivity contribution in [3.63, 3.8) is 0 Å². The van der Waals surface area contributed by atoms with Crippen LogP contribution in [0, 0.1) is 0 Å². The van der Waals surface area contributed by atoms with E-state index in [9.17, 15) is 22.8 Å². The number of likely N-dealkylation sites (tertiary alicyclic amines) is 1. The second-order valence-electron chi connectivity index (χ2n) is 6.54. The Hall–Kier alpha value is -3.03. The van der Waals surface area contributed by atoms with Crippen LogP contribution in [0.4, 0.5) is 13.2 Å². The van der Waals surface area contributed by atoms with Crippen LogP contribution in [0.25, 0.3) is 6.08 Å². The molecule has 5 nitrogen and oxygen atoms in total. The van der Waals surface area contributed by atoms with E-state index in [1.165, 1.54) is 36.8 Å². The SMILES string of the molecule is O=C(/C=C/c1ccc(C(F)(F)F)cc1)NC1CCN(C(=O)c2ccoc2)CC1. The van der Waals surface area contributed by atoms with Crippen molar-refractivity contribution in [3.8, 4) is 0 Å². The van der Waals surface area contributed by atoms with Crippen LogP contribution in [-0.2, 0) is 11.0 Å². The normalized spacial score (nSPS) is 15.8. The van der Waals surface area contributed by atoms with E-state index < -0.39 is 11.7 Å². The van der Waals surface area contributed by atoms with Gasteiger partial charge in [-0.3, -0.25) is 9.59 Å². The highest BCUT2D eigenvalue weighted by molar-refractivity contribution is 5.94. The number of alkyl halides is 3. The Morgan fingerprint density at radius 2 is 1.79 bits per heavy atom. The number of nitrogens with one attached hydrogen (secondary N) is 1. The van der Waals surface area contributed by atoms with Crippen LogP contribution in [0.15, 0.2) is 53.4 Å². The van der Waals surface area contributed by atoms with Crippen LogP contribution in [0.3, 0.4) is 0 Å². The van der Waals surface area contributed by atoms with E-state index in [4.69, 9.17) is 4.42 Å². The number of carbonyl (C=O) groups is 2. The van der Waals surface area contributed by atoms with E-state index in [0.717, 1.165) is 12.1 Å². The predicted octanol–water partition coefficient (Wildman–Crippen LogP) is 3.73. The average Bonchev–Trinajstić information content (AvgIpc) is 3.21. The second kappa shape index (κ2) is 8.33. The van der Waals surface area contributed by atoms with E-state index in [0.29, 0.717) is 37.1 Å². The monoisotopic (exact) mass is 392 g/mol. The molecule has 28 heavy (non-hydrogen) atoms. The van der Waals surface area contributed by atoms with Crippen LogP contribution < -0.4 is 5.32 Å². The summed E-state index contributed by atoms with van der Waals surface area (Å²) in [5.41, 5.74) is 0.275. The van der Waals surface area contributed by atoms with E-state index in [-0.39, 0.29) is 17.9 Å². The van der Waals surface area contributed by atoms with Crippen molar-refractivity contribution in [3.05, 3.63) is 65.6 Å². The summed E-state index contributed by atoms with van der Waals surface area (Å²) in [6.45, 7) is 1.05. The summed E-state index contributed by atoms with van der Waals surface area (Å²) in [6, 6.07) is 6.13. The zero-order valence-corrected chi connectivity index (χ0v) is 14.9. The van der Waals surface area contributed by atoms with Crippen molar-refractivity contribution in [1.82, 2.24) is 10.2 Å². The number of halogens is 3. The van der Waals surface area contributed by atoms with Crippen molar-refractivity contribution >= 4 is 17.9 Å². The van der Waals surface area contributed by atoms with Gasteiger partial charge in [0.25, 0.3) is 5.91 Å². The fourth-order valence-electron chi connectivity index (χ4n) is 3.00. The number of amides is 2. The Morgan fingerprint density at radius 1 is 1.11 bits per heavy atom. The fraction of sp³-hybridized carbons (Fsp3) is 0.300. The van der Waals surface area contributed by atoms with E-state index in [1.807, 2.05) is 0 Å². The number of hydrogen-bond donors (Lipinski definition) is 1. The van der Waals surface area contributed by atoms with E-state index in [2.05, 4.69) is 5.32 Å². The molecule has 2 amide bonds. The van der Waals surface area contributed by atoms with Gasteiger partial charge in [0.05, 0.1) is 17.4 Å². The van der Waals surface area contributed by atoms with Gasteiger partial charge in [-0.2, -0.15) is 13.2 Å². The van der Waals surface area contributed by atoms with Gasteiger partial charge in [0.1, 0.15) is 6.26 Å². The smallest absolute Gasteiger partial charge is 0.416 e. The third-order valence-corrected chi connectivity index (χ3v) is 4.56. The lowest BCUT2D eigenvalue weighted by atomic mass is 10.0. The molecule has 0 bridgehead atoms. The first kappa shape index (κ1) is 19.7. The summed E-state index contributed by atoms with van der Waals surface area (Å²) in [7, 11) is 0. The molecule has 148 valence electrons. The summed E-state index contributed by atoms with van der Waals surface area (Å²) in [4.78, 5) is 26.0. The fourth-order valence-corrected chi connectivity index (χ4v) is 3.00. The molecule has 1 aromatic carbocycles. The van der Waals surface area contributed by atoms with Gasteiger partial charge < -0.3 is 14.6 Å². The number of piperidine rings is 1. The Bertz CT molecular complexity index is 835. The molecule has 8 heteroatoms. The molecule has 0 spiro atoms. The molecule has 2 heterocycles. The summed E-state index contributed by atoms with van der Waals surface area (Å²) >= 11 is 0. The van der Waals surface area contributed by atoms with Crippen molar-refractivity contribution in [2.75, 3.05) is 13.1 Å². The number of nitrogens with zero attached hydrogens (tertiary/aromatic N) is 1. The van der Waals surface area contributed by atoms with Gasteiger partial charge in [-0.25, -0.2) is 0 Å². The Kier molecular flexibility index (Phi) is 5.87. The molecule has 1 saturated heterocycles. The second-order valence-corrected chi connectivity index (χ2v) is 6.54. The topological polar surface area (TPSA) is 62.6 Å². The van der Waals surface area contributed by atoms with E-state index >= 15 is 0 Å². The van der Waals surface area contributed by atoms with Crippen LogP contribution in [0.2, 0.25) is 0 Å². The molecule has 1 aliphatic heterocycles. The molecule has 3 rings (SSSR count). The average molecular weight is 392 g/mol. The summed E-state index contributed by atoms with van der Waals surface area (Å²) in [6.07, 6.45) is 2.49. The maximum Gasteiger partial charge on any atom is 0.416 e. The maximum absolute atomic E-state index is 12.5. The molecule has 0 atom stereocenters. The summed E-state index contributed by atoms with van der Waals surface area (Å²) in [5, 5.41) is 2.86. The van der Waals surface area contributed by atoms with Crippen molar-refractivity contribution < 1.29 is 27.2 Å².